The van der Waals surface area contributed by atoms with Crippen molar-refractivity contribution in [3.05, 3.63) is 0 Å². The summed E-state index contributed by atoms with van der Waals surface area (Å²) in [5.41, 5.74) is 5.40. The number of likely N-dealkylation sites (N-methyl/N-ethyl adjacent to an activating group) is 1. The zero-order chi connectivity index (χ0) is 15.2. The number of rotatable bonds is 7. The molecule has 0 aromatic rings. The van der Waals surface area contributed by atoms with Crippen molar-refractivity contribution in [3.63, 3.8) is 0 Å². The summed E-state index contributed by atoms with van der Waals surface area (Å²) in [6.45, 7) is 7.93. The third-order valence-electron chi connectivity index (χ3n) is 3.81. The van der Waals surface area contributed by atoms with Crippen molar-refractivity contribution in [1.29, 1.82) is 0 Å². The summed E-state index contributed by atoms with van der Waals surface area (Å²) in [4.78, 5) is 13.9. The summed E-state index contributed by atoms with van der Waals surface area (Å²) in [6, 6.07) is 0.325. The Morgan fingerprint density at radius 2 is 2.10 bits per heavy atom. The summed E-state index contributed by atoms with van der Waals surface area (Å²) in [5, 5.41) is 2.80. The van der Waals surface area contributed by atoms with Crippen molar-refractivity contribution in [2.75, 3.05) is 26.7 Å². The van der Waals surface area contributed by atoms with Gasteiger partial charge in [0, 0.05) is 25.7 Å². The Hall–Kier alpha value is -0.810. The van der Waals surface area contributed by atoms with Crippen LogP contribution in [0.1, 0.15) is 46.5 Å². The lowest BCUT2D eigenvalue weighted by molar-refractivity contribution is 0.0521. The molecule has 0 aliphatic heterocycles. The molecule has 5 nitrogen and oxygen atoms in total. The fourth-order valence-corrected chi connectivity index (χ4v) is 2.40. The van der Waals surface area contributed by atoms with E-state index in [0.717, 1.165) is 18.9 Å². The summed E-state index contributed by atoms with van der Waals surface area (Å²) in [7, 11) is 2.13. The van der Waals surface area contributed by atoms with Gasteiger partial charge in [-0.05, 0) is 53.0 Å². The lowest BCUT2D eigenvalue weighted by atomic mass is 9.85. The van der Waals surface area contributed by atoms with Gasteiger partial charge in [0.15, 0.2) is 0 Å². The zero-order valence-corrected chi connectivity index (χ0v) is 13.4. The van der Waals surface area contributed by atoms with Crippen LogP contribution in [0, 0.1) is 5.92 Å². The highest BCUT2D eigenvalue weighted by Gasteiger charge is 2.22. The molecule has 0 heterocycles. The highest BCUT2D eigenvalue weighted by molar-refractivity contribution is 5.67. The molecular formula is C15H31N3O2. The van der Waals surface area contributed by atoms with Crippen LogP contribution in [-0.4, -0.2) is 49.3 Å². The molecular weight excluding hydrogens is 254 g/mol. The Kier molecular flexibility index (Phi) is 6.76. The second kappa shape index (κ2) is 7.84. The van der Waals surface area contributed by atoms with Crippen LogP contribution < -0.4 is 11.1 Å². The number of carbonyl (C=O) groups is 1. The van der Waals surface area contributed by atoms with E-state index in [-0.39, 0.29) is 6.09 Å². The van der Waals surface area contributed by atoms with E-state index >= 15 is 0 Å². The minimum atomic E-state index is -0.446. The summed E-state index contributed by atoms with van der Waals surface area (Å²) in [6.07, 6.45) is 4.57. The third kappa shape index (κ3) is 6.57. The maximum absolute atomic E-state index is 11.6. The first-order valence-electron chi connectivity index (χ1n) is 7.69. The van der Waals surface area contributed by atoms with E-state index < -0.39 is 5.60 Å². The Morgan fingerprint density at radius 1 is 1.45 bits per heavy atom. The van der Waals surface area contributed by atoms with Gasteiger partial charge in [0.1, 0.15) is 5.60 Å². The normalized spacial score (nSPS) is 17.7. The predicted molar refractivity (Wildman–Crippen MR) is 81.7 cm³/mol. The maximum atomic E-state index is 11.6. The van der Waals surface area contributed by atoms with Gasteiger partial charge >= 0.3 is 6.09 Å². The molecule has 1 rings (SSSR count). The lowest BCUT2D eigenvalue weighted by Crippen LogP contribution is -2.44. The molecule has 1 aliphatic rings. The van der Waals surface area contributed by atoms with Crippen molar-refractivity contribution < 1.29 is 9.53 Å². The third-order valence-corrected chi connectivity index (χ3v) is 3.81. The van der Waals surface area contributed by atoms with Crippen LogP contribution in [0.4, 0.5) is 4.79 Å². The minimum Gasteiger partial charge on any atom is -0.444 e. The van der Waals surface area contributed by atoms with E-state index in [9.17, 15) is 4.79 Å². The summed E-state index contributed by atoms with van der Waals surface area (Å²) in [5.74, 6) is 0.841. The highest BCUT2D eigenvalue weighted by atomic mass is 16.6. The van der Waals surface area contributed by atoms with Crippen molar-refractivity contribution >= 4 is 6.09 Å². The van der Waals surface area contributed by atoms with Crippen molar-refractivity contribution in [2.24, 2.45) is 11.7 Å². The van der Waals surface area contributed by atoms with Gasteiger partial charge in [-0.2, -0.15) is 0 Å². The number of ether oxygens (including phenoxy) is 1. The smallest absolute Gasteiger partial charge is 0.407 e. The van der Waals surface area contributed by atoms with E-state index in [4.69, 9.17) is 10.5 Å². The second-order valence-corrected chi connectivity index (χ2v) is 6.84. The number of nitrogens with zero attached hydrogens (tertiary/aromatic N) is 1. The Labute approximate surface area is 123 Å². The predicted octanol–water partition coefficient (Wildman–Crippen LogP) is 1.96. The number of carbonyl (C=O) groups excluding carboxylic acids is 1. The number of alkyl carbamates (subject to hydrolysis) is 1. The fraction of sp³-hybridized carbons (Fsp3) is 0.933. The average Bonchev–Trinajstić information content (AvgIpc) is 2.26. The minimum absolute atomic E-state index is 0.325. The molecule has 0 aromatic heterocycles. The van der Waals surface area contributed by atoms with Crippen LogP contribution >= 0.6 is 0 Å². The summed E-state index contributed by atoms with van der Waals surface area (Å²) < 4.78 is 5.21. The maximum Gasteiger partial charge on any atom is 0.407 e. The second-order valence-electron chi connectivity index (χ2n) is 6.84. The molecule has 1 saturated carbocycles. The van der Waals surface area contributed by atoms with Crippen molar-refractivity contribution in [1.82, 2.24) is 10.2 Å². The molecule has 0 spiro atoms. The average molecular weight is 285 g/mol. The number of amides is 1. The number of hydrogen-bond acceptors (Lipinski definition) is 4. The molecule has 0 radical (unpaired) electrons. The van der Waals surface area contributed by atoms with Gasteiger partial charge in [0.05, 0.1) is 0 Å². The fourth-order valence-electron chi connectivity index (χ4n) is 2.40. The molecule has 118 valence electrons. The van der Waals surface area contributed by atoms with Gasteiger partial charge in [-0.25, -0.2) is 4.79 Å². The van der Waals surface area contributed by atoms with Gasteiger partial charge in [-0.1, -0.05) is 6.42 Å². The topological polar surface area (TPSA) is 67.6 Å². The quantitative estimate of drug-likeness (QED) is 0.750. The number of nitrogens with two attached hydrogens (primary N) is 1. The van der Waals surface area contributed by atoms with E-state index in [0.29, 0.717) is 19.1 Å². The zero-order valence-electron chi connectivity index (χ0n) is 13.4. The van der Waals surface area contributed by atoms with Gasteiger partial charge in [0.25, 0.3) is 0 Å². The van der Waals surface area contributed by atoms with Crippen LogP contribution in [0.15, 0.2) is 0 Å². The first-order valence-corrected chi connectivity index (χ1v) is 7.69. The van der Waals surface area contributed by atoms with Gasteiger partial charge < -0.3 is 20.7 Å². The molecule has 0 aromatic carbocycles. The van der Waals surface area contributed by atoms with Crippen molar-refractivity contribution in [2.45, 2.75) is 58.1 Å². The van der Waals surface area contributed by atoms with E-state index in [2.05, 4.69) is 17.3 Å². The molecule has 1 atom stereocenters. The largest absolute Gasteiger partial charge is 0.444 e. The number of hydrogen-bond donors (Lipinski definition) is 2. The van der Waals surface area contributed by atoms with Crippen molar-refractivity contribution in [3.8, 4) is 0 Å². The van der Waals surface area contributed by atoms with Crippen LogP contribution in [-0.2, 0) is 4.74 Å². The Balaban J connectivity index is 2.21. The number of nitrogens with one attached hydrogen (secondary N) is 1. The highest BCUT2D eigenvalue weighted by Crippen LogP contribution is 2.27. The van der Waals surface area contributed by atoms with Crippen LogP contribution in [0.2, 0.25) is 0 Å². The van der Waals surface area contributed by atoms with Crippen LogP contribution in [0.5, 0.6) is 0 Å². The van der Waals surface area contributed by atoms with E-state index in [1.54, 1.807) is 0 Å². The molecule has 0 bridgehead atoms. The van der Waals surface area contributed by atoms with Gasteiger partial charge in [-0.15, -0.1) is 0 Å². The van der Waals surface area contributed by atoms with Crippen LogP contribution in [0.3, 0.4) is 0 Å². The molecule has 1 amide bonds. The first kappa shape index (κ1) is 17.2. The van der Waals surface area contributed by atoms with E-state index in [1.807, 2.05) is 20.8 Å². The Bertz CT molecular complexity index is 298. The molecule has 5 heteroatoms. The molecule has 1 unspecified atom stereocenters. The van der Waals surface area contributed by atoms with Gasteiger partial charge in [-0.3, -0.25) is 0 Å². The molecule has 0 saturated heterocycles. The molecule has 1 aliphatic carbocycles. The molecule has 20 heavy (non-hydrogen) atoms. The standard InChI is InChI=1S/C15H31N3O2/c1-15(2,3)20-14(19)17-9-8-13(10-16)18(4)11-12-6-5-7-12/h12-13H,5-11,16H2,1-4H3,(H,17,19). The van der Waals surface area contributed by atoms with E-state index in [1.165, 1.54) is 19.3 Å². The summed E-state index contributed by atoms with van der Waals surface area (Å²) >= 11 is 0. The molecule has 3 N–H and O–H groups in total. The molecule has 1 fully saturated rings. The first-order chi connectivity index (χ1) is 9.31. The van der Waals surface area contributed by atoms with Crippen LogP contribution in [0.25, 0.3) is 0 Å². The monoisotopic (exact) mass is 285 g/mol. The lowest BCUT2D eigenvalue weighted by Gasteiger charge is -2.34. The SMILES string of the molecule is CN(CC1CCC1)C(CN)CCNC(=O)OC(C)(C)C. The van der Waals surface area contributed by atoms with Gasteiger partial charge in [0.2, 0.25) is 0 Å². The Morgan fingerprint density at radius 3 is 2.55 bits per heavy atom.